The van der Waals surface area contributed by atoms with Crippen LogP contribution in [0.4, 0.5) is 0 Å². The fourth-order valence-corrected chi connectivity index (χ4v) is 3.23. The molecule has 0 heterocycles. The summed E-state index contributed by atoms with van der Waals surface area (Å²) >= 11 is 0. The van der Waals surface area contributed by atoms with E-state index >= 15 is 0 Å². The molecule has 0 saturated heterocycles. The summed E-state index contributed by atoms with van der Waals surface area (Å²) < 4.78 is 25.3. The van der Waals surface area contributed by atoms with Crippen LogP contribution in [-0.2, 0) is 33.3 Å². The van der Waals surface area contributed by atoms with Crippen molar-refractivity contribution in [1.82, 2.24) is 0 Å². The number of carbonyl (C=O) groups excluding carboxylic acids is 2. The van der Waals surface area contributed by atoms with Crippen LogP contribution in [0.5, 0.6) is 0 Å². The second-order valence-electron chi connectivity index (χ2n) is 8.07. The zero-order chi connectivity index (χ0) is 23.5. The molecule has 0 bridgehead atoms. The molecule has 0 N–H and O–H groups in total. The fourth-order valence-electron chi connectivity index (χ4n) is 3.23. The topological polar surface area (TPSA) is 80.3 Å². The van der Waals surface area contributed by atoms with E-state index < -0.39 is 5.97 Å². The zero-order valence-corrected chi connectivity index (χ0v) is 20.7. The van der Waals surface area contributed by atoms with E-state index in [-0.39, 0.29) is 19.2 Å². The SMILES string of the molecule is CCCCCCCCCCCCCCCC(=O)OCCOCCOCCOCC(=O)OC. The molecular weight excluding hydrogens is 412 g/mol. The van der Waals surface area contributed by atoms with Gasteiger partial charge in [0.25, 0.3) is 0 Å². The predicted molar refractivity (Wildman–Crippen MR) is 126 cm³/mol. The maximum absolute atomic E-state index is 11.7. The third-order valence-corrected chi connectivity index (χ3v) is 5.17. The van der Waals surface area contributed by atoms with Gasteiger partial charge in [-0.15, -0.1) is 0 Å². The van der Waals surface area contributed by atoms with Crippen molar-refractivity contribution in [2.75, 3.05) is 53.4 Å². The van der Waals surface area contributed by atoms with Crippen LogP contribution in [0.2, 0.25) is 0 Å². The predicted octanol–water partition coefficient (Wildman–Crippen LogP) is 5.23. The van der Waals surface area contributed by atoms with E-state index in [0.717, 1.165) is 12.8 Å². The maximum Gasteiger partial charge on any atom is 0.331 e. The van der Waals surface area contributed by atoms with Gasteiger partial charge in [-0.25, -0.2) is 4.79 Å². The molecule has 0 amide bonds. The molecule has 0 fully saturated rings. The molecule has 0 saturated carbocycles. The number of esters is 2. The second kappa shape index (κ2) is 26.1. The van der Waals surface area contributed by atoms with Crippen LogP contribution < -0.4 is 0 Å². The van der Waals surface area contributed by atoms with Gasteiger partial charge in [0.2, 0.25) is 0 Å². The number of unbranched alkanes of at least 4 members (excludes halogenated alkanes) is 12. The van der Waals surface area contributed by atoms with E-state index in [1.165, 1.54) is 77.7 Å². The lowest BCUT2D eigenvalue weighted by Crippen LogP contribution is -2.15. The van der Waals surface area contributed by atoms with Gasteiger partial charge in [0, 0.05) is 6.42 Å². The minimum atomic E-state index is -0.406. The summed E-state index contributed by atoms with van der Waals surface area (Å²) in [7, 11) is 1.32. The maximum atomic E-state index is 11.7. The van der Waals surface area contributed by atoms with Crippen molar-refractivity contribution >= 4 is 11.9 Å². The molecule has 0 aromatic carbocycles. The lowest BCUT2D eigenvalue weighted by atomic mass is 10.0. The third-order valence-electron chi connectivity index (χ3n) is 5.17. The van der Waals surface area contributed by atoms with E-state index in [0.29, 0.717) is 39.5 Å². The fraction of sp³-hybridized carbons (Fsp3) is 0.920. The summed E-state index contributed by atoms with van der Waals surface area (Å²) in [5, 5.41) is 0. The van der Waals surface area contributed by atoms with Crippen LogP contribution in [0.25, 0.3) is 0 Å². The van der Waals surface area contributed by atoms with Crippen molar-refractivity contribution in [2.24, 2.45) is 0 Å². The molecule has 7 heteroatoms. The molecule has 0 aliphatic rings. The van der Waals surface area contributed by atoms with Crippen molar-refractivity contribution < 1.29 is 33.3 Å². The highest BCUT2D eigenvalue weighted by Crippen LogP contribution is 2.13. The van der Waals surface area contributed by atoms with Gasteiger partial charge in [-0.05, 0) is 6.42 Å². The van der Waals surface area contributed by atoms with E-state index in [4.69, 9.17) is 18.9 Å². The van der Waals surface area contributed by atoms with Gasteiger partial charge in [0.05, 0.1) is 40.1 Å². The Bertz CT molecular complexity index is 415. The first-order valence-corrected chi connectivity index (χ1v) is 12.7. The highest BCUT2D eigenvalue weighted by molar-refractivity contribution is 5.70. The van der Waals surface area contributed by atoms with Gasteiger partial charge in [-0.2, -0.15) is 0 Å². The summed E-state index contributed by atoms with van der Waals surface area (Å²) in [5.41, 5.74) is 0. The van der Waals surface area contributed by atoms with Crippen molar-refractivity contribution in [1.29, 1.82) is 0 Å². The van der Waals surface area contributed by atoms with Crippen LogP contribution in [0.3, 0.4) is 0 Å². The monoisotopic (exact) mass is 460 g/mol. The van der Waals surface area contributed by atoms with Crippen LogP contribution in [0.15, 0.2) is 0 Å². The normalized spacial score (nSPS) is 10.9. The molecule has 7 nitrogen and oxygen atoms in total. The van der Waals surface area contributed by atoms with Crippen LogP contribution >= 0.6 is 0 Å². The van der Waals surface area contributed by atoms with Gasteiger partial charge in [-0.1, -0.05) is 84.0 Å². The average Bonchev–Trinajstić information content (AvgIpc) is 2.80. The smallest absolute Gasteiger partial charge is 0.331 e. The molecule has 0 aliphatic heterocycles. The summed E-state index contributed by atoms with van der Waals surface area (Å²) in [5.74, 6) is -0.548. The molecule has 0 radical (unpaired) electrons. The lowest BCUT2D eigenvalue weighted by molar-refractivity contribution is -0.146. The number of hydrogen-bond acceptors (Lipinski definition) is 7. The van der Waals surface area contributed by atoms with Crippen molar-refractivity contribution in [2.45, 2.75) is 96.8 Å². The second-order valence-corrected chi connectivity index (χ2v) is 8.07. The Morgan fingerprint density at radius 3 is 1.47 bits per heavy atom. The minimum absolute atomic E-state index is 0.0684. The summed E-state index contributed by atoms with van der Waals surface area (Å²) in [6, 6.07) is 0. The Morgan fingerprint density at radius 1 is 0.531 bits per heavy atom. The standard InChI is InChI=1S/C25H48O7/c1-3-4-5-6-7-8-9-10-11-12-13-14-15-16-24(26)32-22-21-30-18-17-29-19-20-31-23-25(27)28-2/h3-23H2,1-2H3. The van der Waals surface area contributed by atoms with Gasteiger partial charge >= 0.3 is 11.9 Å². The average molecular weight is 461 g/mol. The third kappa shape index (κ3) is 25.1. The van der Waals surface area contributed by atoms with Gasteiger partial charge in [-0.3, -0.25) is 4.79 Å². The van der Waals surface area contributed by atoms with Gasteiger partial charge < -0.3 is 23.7 Å². The van der Waals surface area contributed by atoms with E-state index in [2.05, 4.69) is 11.7 Å². The van der Waals surface area contributed by atoms with Crippen LogP contribution in [0, 0.1) is 0 Å². The van der Waals surface area contributed by atoms with Gasteiger partial charge in [0.1, 0.15) is 13.2 Å². The number of carbonyl (C=O) groups is 2. The van der Waals surface area contributed by atoms with Crippen molar-refractivity contribution in [3.8, 4) is 0 Å². The molecule has 190 valence electrons. The summed E-state index contributed by atoms with van der Waals surface area (Å²) in [6.45, 7) is 4.39. The van der Waals surface area contributed by atoms with E-state index in [1.807, 2.05) is 0 Å². The molecule has 0 aromatic heterocycles. The zero-order valence-electron chi connectivity index (χ0n) is 20.7. The number of hydrogen-bond donors (Lipinski definition) is 0. The highest BCUT2D eigenvalue weighted by Gasteiger charge is 2.03. The molecule has 32 heavy (non-hydrogen) atoms. The Kier molecular flexibility index (Phi) is 25.1. The minimum Gasteiger partial charge on any atom is -0.467 e. The molecule has 0 aliphatic carbocycles. The summed E-state index contributed by atoms with van der Waals surface area (Å²) in [4.78, 5) is 22.5. The summed E-state index contributed by atoms with van der Waals surface area (Å²) in [6.07, 6.45) is 17.3. The Labute approximate surface area is 195 Å². The number of ether oxygens (including phenoxy) is 5. The Morgan fingerprint density at radius 2 is 0.969 bits per heavy atom. The first-order valence-electron chi connectivity index (χ1n) is 12.7. The van der Waals surface area contributed by atoms with E-state index in [9.17, 15) is 9.59 Å². The molecule has 0 spiro atoms. The van der Waals surface area contributed by atoms with E-state index in [1.54, 1.807) is 0 Å². The van der Waals surface area contributed by atoms with Crippen LogP contribution in [-0.4, -0.2) is 65.3 Å². The molecule has 0 unspecified atom stereocenters. The molecule has 0 atom stereocenters. The first kappa shape index (κ1) is 30.8. The number of rotatable bonds is 25. The van der Waals surface area contributed by atoms with Crippen LogP contribution in [0.1, 0.15) is 96.8 Å². The Balaban J connectivity index is 3.17. The quantitative estimate of drug-likeness (QED) is 0.136. The van der Waals surface area contributed by atoms with Crippen molar-refractivity contribution in [3.05, 3.63) is 0 Å². The number of methoxy groups -OCH3 is 1. The molecule has 0 aromatic rings. The lowest BCUT2D eigenvalue weighted by Gasteiger charge is -2.07. The first-order chi connectivity index (χ1) is 15.7. The highest BCUT2D eigenvalue weighted by atomic mass is 16.6. The molecular formula is C25H48O7. The molecule has 0 rings (SSSR count). The largest absolute Gasteiger partial charge is 0.467 e. The van der Waals surface area contributed by atoms with Gasteiger partial charge in [0.15, 0.2) is 0 Å². The Hall–Kier alpha value is -1.18. The van der Waals surface area contributed by atoms with Crippen molar-refractivity contribution in [3.63, 3.8) is 0 Å².